The van der Waals surface area contributed by atoms with Gasteiger partial charge in [0.1, 0.15) is 0 Å². The smallest absolute Gasteiger partial charge is 0.252 e. The number of aromatic amines is 1. The number of carbonyl (C=O) groups is 1. The van der Waals surface area contributed by atoms with Crippen LogP contribution in [0.2, 0.25) is 0 Å². The minimum Gasteiger partial charge on any atom is -0.349 e. The molecule has 1 saturated carbocycles. The van der Waals surface area contributed by atoms with E-state index in [4.69, 9.17) is 0 Å². The average molecular weight is 241 g/mol. The van der Waals surface area contributed by atoms with Crippen molar-refractivity contribution in [1.82, 2.24) is 15.5 Å². The Bertz CT molecular complexity index is 544. The van der Waals surface area contributed by atoms with Crippen molar-refractivity contribution in [2.24, 2.45) is 0 Å². The number of hydrogen-bond acceptors (Lipinski definition) is 2. The van der Waals surface area contributed by atoms with Gasteiger partial charge >= 0.3 is 0 Å². The van der Waals surface area contributed by atoms with E-state index in [-0.39, 0.29) is 5.91 Å². The maximum atomic E-state index is 12.2. The number of aromatic nitrogens is 2. The van der Waals surface area contributed by atoms with Crippen LogP contribution in [0.4, 0.5) is 0 Å². The van der Waals surface area contributed by atoms with Crippen LogP contribution in [0.25, 0.3) is 11.1 Å². The van der Waals surface area contributed by atoms with Crippen LogP contribution >= 0.6 is 0 Å². The van der Waals surface area contributed by atoms with Crippen molar-refractivity contribution in [3.63, 3.8) is 0 Å². The highest BCUT2D eigenvalue weighted by atomic mass is 16.1. The highest BCUT2D eigenvalue weighted by molar-refractivity contribution is 6.00. The monoisotopic (exact) mass is 241 g/mol. The molecule has 1 aliphatic rings. The summed E-state index contributed by atoms with van der Waals surface area (Å²) in [6.07, 6.45) is 6.94. The van der Waals surface area contributed by atoms with Gasteiger partial charge in [0, 0.05) is 23.4 Å². The van der Waals surface area contributed by atoms with Crippen molar-refractivity contribution in [2.75, 3.05) is 0 Å². The molecule has 1 aliphatic carbocycles. The number of amides is 1. The lowest BCUT2D eigenvalue weighted by atomic mass is 9.92. The second kappa shape index (κ2) is 4.64. The summed E-state index contributed by atoms with van der Waals surface area (Å²) in [7, 11) is 0. The lowest BCUT2D eigenvalue weighted by Crippen LogP contribution is -2.39. The zero-order chi connectivity index (χ0) is 12.4. The molecule has 1 aromatic heterocycles. The van der Waals surface area contributed by atoms with E-state index in [2.05, 4.69) is 15.5 Å². The van der Waals surface area contributed by atoms with Crippen molar-refractivity contribution in [3.05, 3.63) is 42.2 Å². The van der Waals surface area contributed by atoms with Crippen LogP contribution in [0.1, 0.15) is 29.6 Å². The third kappa shape index (κ3) is 2.01. The lowest BCUT2D eigenvalue weighted by molar-refractivity contribution is 0.0917. The second-order valence-electron chi connectivity index (χ2n) is 4.63. The topological polar surface area (TPSA) is 57.8 Å². The van der Waals surface area contributed by atoms with Crippen LogP contribution in [-0.4, -0.2) is 22.1 Å². The number of H-pyrrole nitrogens is 1. The second-order valence-corrected chi connectivity index (χ2v) is 4.63. The number of benzene rings is 1. The predicted molar refractivity (Wildman–Crippen MR) is 69.1 cm³/mol. The van der Waals surface area contributed by atoms with Gasteiger partial charge in [-0.15, -0.1) is 0 Å². The SMILES string of the molecule is O=C(NC1CCC1)c1ccccc1-c1cn[nH]c1. The Morgan fingerprint density at radius 1 is 1.33 bits per heavy atom. The molecule has 0 atom stereocenters. The van der Waals surface area contributed by atoms with E-state index < -0.39 is 0 Å². The molecule has 18 heavy (non-hydrogen) atoms. The molecular weight excluding hydrogens is 226 g/mol. The van der Waals surface area contributed by atoms with Gasteiger partial charge in [-0.25, -0.2) is 0 Å². The van der Waals surface area contributed by atoms with E-state index in [0.717, 1.165) is 24.0 Å². The van der Waals surface area contributed by atoms with E-state index >= 15 is 0 Å². The van der Waals surface area contributed by atoms with E-state index in [1.54, 1.807) is 12.4 Å². The van der Waals surface area contributed by atoms with Crippen LogP contribution < -0.4 is 5.32 Å². The Balaban J connectivity index is 1.89. The van der Waals surface area contributed by atoms with Crippen LogP contribution in [0.3, 0.4) is 0 Å². The number of hydrogen-bond donors (Lipinski definition) is 2. The Hall–Kier alpha value is -2.10. The molecule has 2 N–H and O–H groups in total. The summed E-state index contributed by atoms with van der Waals surface area (Å²) in [4.78, 5) is 12.2. The molecule has 0 unspecified atom stereocenters. The Labute approximate surface area is 105 Å². The molecule has 1 fully saturated rings. The Morgan fingerprint density at radius 2 is 2.17 bits per heavy atom. The van der Waals surface area contributed by atoms with Gasteiger partial charge in [-0.05, 0) is 30.9 Å². The molecule has 1 heterocycles. The van der Waals surface area contributed by atoms with E-state index in [1.807, 2.05) is 24.3 Å². The van der Waals surface area contributed by atoms with E-state index in [1.165, 1.54) is 6.42 Å². The maximum Gasteiger partial charge on any atom is 0.252 e. The van der Waals surface area contributed by atoms with Gasteiger partial charge in [0.15, 0.2) is 0 Å². The molecule has 92 valence electrons. The van der Waals surface area contributed by atoms with Gasteiger partial charge in [-0.3, -0.25) is 9.89 Å². The van der Waals surface area contributed by atoms with Crippen LogP contribution in [0, 0.1) is 0 Å². The van der Waals surface area contributed by atoms with Gasteiger partial charge in [0.2, 0.25) is 0 Å². The first-order valence-electron chi connectivity index (χ1n) is 6.23. The van der Waals surface area contributed by atoms with Gasteiger partial charge in [0.05, 0.1) is 6.20 Å². The van der Waals surface area contributed by atoms with Crippen molar-refractivity contribution in [3.8, 4) is 11.1 Å². The number of nitrogens with one attached hydrogen (secondary N) is 2. The summed E-state index contributed by atoms with van der Waals surface area (Å²) in [5, 5.41) is 9.77. The largest absolute Gasteiger partial charge is 0.349 e. The van der Waals surface area contributed by atoms with E-state index in [9.17, 15) is 4.79 Å². The van der Waals surface area contributed by atoms with Crippen LogP contribution in [-0.2, 0) is 0 Å². The predicted octanol–water partition coefficient (Wildman–Crippen LogP) is 2.36. The summed E-state index contributed by atoms with van der Waals surface area (Å²) >= 11 is 0. The summed E-state index contributed by atoms with van der Waals surface area (Å²) in [6, 6.07) is 7.98. The molecule has 3 rings (SSSR count). The molecule has 0 saturated heterocycles. The van der Waals surface area contributed by atoms with Gasteiger partial charge in [-0.1, -0.05) is 18.2 Å². The molecule has 0 radical (unpaired) electrons. The van der Waals surface area contributed by atoms with Crippen molar-refractivity contribution >= 4 is 5.91 Å². The summed E-state index contributed by atoms with van der Waals surface area (Å²) < 4.78 is 0. The van der Waals surface area contributed by atoms with Gasteiger partial charge in [-0.2, -0.15) is 5.10 Å². The molecule has 2 aromatic rings. The number of nitrogens with zero attached hydrogens (tertiary/aromatic N) is 1. The zero-order valence-electron chi connectivity index (χ0n) is 10.0. The minimum absolute atomic E-state index is 0.0106. The fourth-order valence-electron chi connectivity index (χ4n) is 2.15. The first-order chi connectivity index (χ1) is 8.84. The molecule has 0 bridgehead atoms. The van der Waals surface area contributed by atoms with E-state index in [0.29, 0.717) is 11.6 Å². The van der Waals surface area contributed by atoms with Crippen molar-refractivity contribution in [2.45, 2.75) is 25.3 Å². The highest BCUT2D eigenvalue weighted by Crippen LogP contribution is 2.24. The average Bonchev–Trinajstić information content (AvgIpc) is 2.87. The van der Waals surface area contributed by atoms with Crippen LogP contribution in [0.5, 0.6) is 0 Å². The first kappa shape index (κ1) is 11.0. The third-order valence-electron chi connectivity index (χ3n) is 3.42. The molecule has 1 amide bonds. The van der Waals surface area contributed by atoms with Gasteiger partial charge in [0.25, 0.3) is 5.91 Å². The third-order valence-corrected chi connectivity index (χ3v) is 3.42. The molecule has 4 nitrogen and oxygen atoms in total. The van der Waals surface area contributed by atoms with Gasteiger partial charge < -0.3 is 5.32 Å². The Morgan fingerprint density at radius 3 is 2.83 bits per heavy atom. The fourth-order valence-corrected chi connectivity index (χ4v) is 2.15. The lowest BCUT2D eigenvalue weighted by Gasteiger charge is -2.26. The summed E-state index contributed by atoms with van der Waals surface area (Å²) in [5.41, 5.74) is 2.57. The molecular formula is C14H15N3O. The molecule has 0 aliphatic heterocycles. The number of carbonyl (C=O) groups excluding carboxylic acids is 1. The van der Waals surface area contributed by atoms with Crippen molar-refractivity contribution < 1.29 is 4.79 Å². The minimum atomic E-state index is 0.0106. The highest BCUT2D eigenvalue weighted by Gasteiger charge is 2.21. The summed E-state index contributed by atoms with van der Waals surface area (Å²) in [6.45, 7) is 0. The number of rotatable bonds is 3. The molecule has 1 aromatic carbocycles. The summed E-state index contributed by atoms with van der Waals surface area (Å²) in [5.74, 6) is 0.0106. The maximum absolute atomic E-state index is 12.2. The standard InChI is InChI=1S/C14H15N3O/c18-14(17-11-4-3-5-11)13-7-2-1-6-12(13)10-8-15-16-9-10/h1-2,6-9,11H,3-5H2,(H,15,16)(H,17,18). The normalized spacial score (nSPS) is 15.1. The Kier molecular flexibility index (Phi) is 2.84. The first-order valence-corrected chi connectivity index (χ1v) is 6.23. The quantitative estimate of drug-likeness (QED) is 0.866. The fraction of sp³-hybridized carbons (Fsp3) is 0.286. The molecule has 0 spiro atoms. The molecule has 4 heteroatoms. The zero-order valence-corrected chi connectivity index (χ0v) is 10.0. The van der Waals surface area contributed by atoms with Crippen molar-refractivity contribution in [1.29, 1.82) is 0 Å². The van der Waals surface area contributed by atoms with Crippen LogP contribution in [0.15, 0.2) is 36.7 Å².